The number of anilines is 1. The van der Waals surface area contributed by atoms with Crippen molar-refractivity contribution in [3.63, 3.8) is 0 Å². The fourth-order valence-corrected chi connectivity index (χ4v) is 7.45. The summed E-state index contributed by atoms with van der Waals surface area (Å²) < 4.78 is 15.1. The van der Waals surface area contributed by atoms with Crippen molar-refractivity contribution in [3.05, 3.63) is 70.3 Å². The molecule has 1 atom stereocenters. The van der Waals surface area contributed by atoms with Gasteiger partial charge in [-0.05, 0) is 79.4 Å². The Morgan fingerprint density at radius 2 is 1.60 bits per heavy atom. The van der Waals surface area contributed by atoms with Crippen LogP contribution in [0, 0.1) is 0 Å². The van der Waals surface area contributed by atoms with Gasteiger partial charge >= 0.3 is 0 Å². The Hall–Kier alpha value is -2.95. The molecule has 3 heterocycles. The molecule has 0 spiro atoms. The third kappa shape index (κ3) is 10.3. The first-order valence-electron chi connectivity index (χ1n) is 18.3. The molecular weight excluding hydrogens is 621 g/mol. The van der Waals surface area contributed by atoms with E-state index in [1.54, 1.807) is 10.6 Å². The quantitative estimate of drug-likeness (QED) is 0.0711. The van der Waals surface area contributed by atoms with Gasteiger partial charge in [0.15, 0.2) is 0 Å². The van der Waals surface area contributed by atoms with E-state index in [9.17, 15) is 9.90 Å². The van der Waals surface area contributed by atoms with Gasteiger partial charge in [0.1, 0.15) is 12.5 Å². The standard InChI is InChI=1S/C39H56N4O4S/c1-3-5-7-9-22-42(23-10-8-6-4-2)39(45)47-31-43-36-30-33(18-16-32(36)17-19-38(43)44)46-28-12-11-21-40-24-26-41(27-25-40)35-14-13-15-37-34(35)20-29-48-37/h13-20,29-30,39,45H,3-12,21-28,31H2,1-2H3. The molecule has 1 aliphatic heterocycles. The van der Waals surface area contributed by atoms with Gasteiger partial charge in [-0.15, -0.1) is 11.3 Å². The number of unbranched alkanes of at least 4 members (excludes halogenated alkanes) is 7. The van der Waals surface area contributed by atoms with Crippen molar-refractivity contribution < 1.29 is 14.6 Å². The van der Waals surface area contributed by atoms with E-state index < -0.39 is 6.41 Å². The van der Waals surface area contributed by atoms with Gasteiger partial charge in [-0.3, -0.25) is 19.2 Å². The molecule has 0 bridgehead atoms. The molecule has 48 heavy (non-hydrogen) atoms. The molecule has 0 saturated carbocycles. The number of hydrogen-bond donors (Lipinski definition) is 1. The summed E-state index contributed by atoms with van der Waals surface area (Å²) in [5, 5.41) is 15.5. The molecule has 1 aliphatic rings. The van der Waals surface area contributed by atoms with Crippen LogP contribution in [0.25, 0.3) is 21.0 Å². The van der Waals surface area contributed by atoms with Crippen LogP contribution in [-0.2, 0) is 11.5 Å². The molecular formula is C39H56N4O4S. The lowest BCUT2D eigenvalue weighted by Crippen LogP contribution is -2.46. The molecule has 4 aromatic rings. The fraction of sp³-hybridized carbons (Fsp3) is 0.564. The topological polar surface area (TPSA) is 70.4 Å². The summed E-state index contributed by atoms with van der Waals surface area (Å²) in [6.45, 7) is 11.9. The molecule has 262 valence electrons. The molecule has 8 nitrogen and oxygen atoms in total. The van der Waals surface area contributed by atoms with Crippen molar-refractivity contribution >= 4 is 38.0 Å². The summed E-state index contributed by atoms with van der Waals surface area (Å²) in [6.07, 6.45) is 10.1. The van der Waals surface area contributed by atoms with Crippen LogP contribution >= 0.6 is 11.3 Å². The van der Waals surface area contributed by atoms with E-state index in [4.69, 9.17) is 9.47 Å². The van der Waals surface area contributed by atoms with Crippen molar-refractivity contribution in [1.29, 1.82) is 0 Å². The second-order valence-electron chi connectivity index (χ2n) is 13.1. The lowest BCUT2D eigenvalue weighted by Gasteiger charge is -2.36. The van der Waals surface area contributed by atoms with Gasteiger partial charge in [0.05, 0.1) is 12.1 Å². The average molecular weight is 677 g/mol. The number of benzene rings is 2. The van der Waals surface area contributed by atoms with Crippen LogP contribution in [0.4, 0.5) is 5.69 Å². The molecule has 1 N–H and O–H groups in total. The molecule has 9 heteroatoms. The molecule has 2 aromatic carbocycles. The third-order valence-electron chi connectivity index (χ3n) is 9.55. The number of fused-ring (bicyclic) bond motifs is 2. The first kappa shape index (κ1) is 36.3. The molecule has 5 rings (SSSR count). The summed E-state index contributed by atoms with van der Waals surface area (Å²) >= 11 is 1.81. The minimum atomic E-state index is -1.05. The van der Waals surface area contributed by atoms with E-state index in [1.165, 1.54) is 41.5 Å². The number of rotatable bonds is 21. The Morgan fingerprint density at radius 3 is 2.35 bits per heavy atom. The second-order valence-corrected chi connectivity index (χ2v) is 14.0. The van der Waals surface area contributed by atoms with Gasteiger partial charge in [-0.25, -0.2) is 0 Å². The van der Waals surface area contributed by atoms with E-state index in [1.807, 2.05) is 40.5 Å². The summed E-state index contributed by atoms with van der Waals surface area (Å²) in [5.74, 6) is 0.743. The molecule has 1 unspecified atom stereocenters. The normalized spacial score (nSPS) is 14.8. The minimum absolute atomic E-state index is 0.0170. The first-order chi connectivity index (χ1) is 23.6. The highest BCUT2D eigenvalue weighted by molar-refractivity contribution is 7.17. The first-order valence-corrected chi connectivity index (χ1v) is 19.2. The van der Waals surface area contributed by atoms with Crippen LogP contribution in [0.1, 0.15) is 78.1 Å². The molecule has 0 radical (unpaired) electrons. The van der Waals surface area contributed by atoms with Crippen LogP contribution in [0.15, 0.2) is 64.8 Å². The van der Waals surface area contributed by atoms with Gasteiger partial charge in [0.25, 0.3) is 5.56 Å². The van der Waals surface area contributed by atoms with Gasteiger partial charge < -0.3 is 19.5 Å². The van der Waals surface area contributed by atoms with Crippen molar-refractivity contribution in [1.82, 2.24) is 14.4 Å². The van der Waals surface area contributed by atoms with E-state index in [-0.39, 0.29) is 12.3 Å². The highest BCUT2D eigenvalue weighted by Gasteiger charge is 2.19. The second kappa shape index (κ2) is 19.3. The SMILES string of the molecule is CCCCCCN(CCCCCC)C(O)OCn1c(=O)ccc2ccc(OCCCCN3CCN(c4cccc5sccc45)CC3)cc21. The number of pyridine rings is 1. The Labute approximate surface area is 290 Å². The lowest BCUT2D eigenvalue weighted by atomic mass is 10.2. The number of aliphatic hydroxyl groups excluding tert-OH is 1. The summed E-state index contributed by atoms with van der Waals surface area (Å²) in [7, 11) is 0. The molecule has 1 fully saturated rings. The summed E-state index contributed by atoms with van der Waals surface area (Å²) in [6, 6.07) is 18.2. The smallest absolute Gasteiger partial charge is 0.252 e. The lowest BCUT2D eigenvalue weighted by molar-refractivity contribution is -0.211. The third-order valence-corrected chi connectivity index (χ3v) is 10.4. The number of aromatic nitrogens is 1. The number of ether oxygens (including phenoxy) is 2. The zero-order chi connectivity index (χ0) is 33.6. The Balaban J connectivity index is 1.08. The van der Waals surface area contributed by atoms with Crippen LogP contribution < -0.4 is 15.2 Å². The van der Waals surface area contributed by atoms with E-state index in [0.29, 0.717) is 6.61 Å². The van der Waals surface area contributed by atoms with Crippen molar-refractivity contribution in [2.24, 2.45) is 0 Å². The van der Waals surface area contributed by atoms with Crippen LogP contribution in [0.2, 0.25) is 0 Å². The largest absolute Gasteiger partial charge is 0.494 e. The summed E-state index contributed by atoms with van der Waals surface area (Å²) in [5.41, 5.74) is 1.96. The molecule has 0 amide bonds. The number of nitrogens with zero attached hydrogens (tertiary/aromatic N) is 4. The number of aliphatic hydroxyl groups is 1. The van der Waals surface area contributed by atoms with Gasteiger partial charge in [0, 0.05) is 67.2 Å². The minimum Gasteiger partial charge on any atom is -0.494 e. The Bertz CT molecular complexity index is 1570. The maximum Gasteiger partial charge on any atom is 0.252 e. The highest BCUT2D eigenvalue weighted by Crippen LogP contribution is 2.31. The Kier molecular flexibility index (Phi) is 14.6. The van der Waals surface area contributed by atoms with Crippen molar-refractivity contribution in [2.75, 3.05) is 57.3 Å². The molecule has 2 aromatic heterocycles. The van der Waals surface area contributed by atoms with E-state index >= 15 is 0 Å². The molecule has 1 saturated heterocycles. The van der Waals surface area contributed by atoms with Crippen molar-refractivity contribution in [2.45, 2.75) is 91.2 Å². The average Bonchev–Trinajstić information content (AvgIpc) is 3.60. The van der Waals surface area contributed by atoms with Crippen LogP contribution in [0.5, 0.6) is 5.75 Å². The van der Waals surface area contributed by atoms with Crippen LogP contribution in [-0.4, -0.2) is 78.3 Å². The maximum absolute atomic E-state index is 13.0. The summed E-state index contributed by atoms with van der Waals surface area (Å²) in [4.78, 5) is 20.1. The number of hydrogen-bond acceptors (Lipinski definition) is 8. The van der Waals surface area contributed by atoms with Gasteiger partial charge in [-0.2, -0.15) is 0 Å². The van der Waals surface area contributed by atoms with Crippen molar-refractivity contribution in [3.8, 4) is 5.75 Å². The van der Waals surface area contributed by atoms with E-state index in [2.05, 4.69) is 53.3 Å². The van der Waals surface area contributed by atoms with Crippen LogP contribution in [0.3, 0.4) is 0 Å². The number of thiophene rings is 1. The highest BCUT2D eigenvalue weighted by atomic mass is 32.1. The zero-order valence-corrected chi connectivity index (χ0v) is 30.0. The zero-order valence-electron chi connectivity index (χ0n) is 29.2. The molecule has 0 aliphatic carbocycles. The fourth-order valence-electron chi connectivity index (χ4n) is 6.65. The monoisotopic (exact) mass is 676 g/mol. The number of piperazine rings is 1. The van der Waals surface area contributed by atoms with Gasteiger partial charge in [-0.1, -0.05) is 58.4 Å². The predicted molar refractivity (Wildman–Crippen MR) is 200 cm³/mol. The Morgan fingerprint density at radius 1 is 0.854 bits per heavy atom. The van der Waals surface area contributed by atoms with Gasteiger partial charge in [0.2, 0.25) is 6.41 Å². The maximum atomic E-state index is 13.0. The predicted octanol–water partition coefficient (Wildman–Crippen LogP) is 7.91. The van der Waals surface area contributed by atoms with E-state index in [0.717, 1.165) is 101 Å².